The standard InChI is InChI=1S/C14H15ClN2O5S/c1-14(4-5-23(20,21)8-14)16-12(18)7-17-10-3-2-9(15)6-11(10)22-13(17)19/h2-3,6H,4-5,7-8H2,1H3,(H,16,18)/t14-/m1/s1. The number of oxazole rings is 1. The van der Waals surface area contributed by atoms with Crippen LogP contribution < -0.4 is 11.1 Å². The number of nitrogens with one attached hydrogen (secondary N) is 1. The molecule has 1 aromatic carbocycles. The van der Waals surface area contributed by atoms with Crippen LogP contribution in [0.1, 0.15) is 13.3 Å². The SMILES string of the molecule is C[C@@]1(NC(=O)Cn2c(=O)oc3cc(Cl)ccc32)CCS(=O)(=O)C1. The summed E-state index contributed by atoms with van der Waals surface area (Å²) in [6.07, 6.45) is 0.359. The fourth-order valence-electron chi connectivity index (χ4n) is 2.82. The number of carbonyl (C=O) groups is 1. The molecule has 1 aliphatic heterocycles. The van der Waals surface area contributed by atoms with Gasteiger partial charge in [-0.1, -0.05) is 11.6 Å². The van der Waals surface area contributed by atoms with Gasteiger partial charge in [-0.3, -0.25) is 9.36 Å². The van der Waals surface area contributed by atoms with E-state index in [1.807, 2.05) is 0 Å². The Balaban J connectivity index is 1.81. The predicted octanol–water partition coefficient (Wildman–Crippen LogP) is 0.941. The highest BCUT2D eigenvalue weighted by molar-refractivity contribution is 7.91. The van der Waals surface area contributed by atoms with Gasteiger partial charge < -0.3 is 9.73 Å². The summed E-state index contributed by atoms with van der Waals surface area (Å²) in [4.78, 5) is 24.1. The van der Waals surface area contributed by atoms with Crippen LogP contribution in [0.4, 0.5) is 0 Å². The van der Waals surface area contributed by atoms with Gasteiger partial charge in [-0.15, -0.1) is 0 Å². The first-order chi connectivity index (χ1) is 10.7. The van der Waals surface area contributed by atoms with Crippen LogP contribution in [0.25, 0.3) is 11.1 Å². The van der Waals surface area contributed by atoms with Crippen LogP contribution in [0, 0.1) is 0 Å². The number of nitrogens with zero attached hydrogens (tertiary/aromatic N) is 1. The number of amides is 1. The van der Waals surface area contributed by atoms with Gasteiger partial charge in [0.25, 0.3) is 0 Å². The average Bonchev–Trinajstić information content (AvgIpc) is 2.86. The molecule has 0 radical (unpaired) electrons. The molecule has 2 heterocycles. The molecular formula is C14H15ClN2O5S. The summed E-state index contributed by atoms with van der Waals surface area (Å²) in [6, 6.07) is 4.69. The smallest absolute Gasteiger partial charge is 0.408 e. The monoisotopic (exact) mass is 358 g/mol. The summed E-state index contributed by atoms with van der Waals surface area (Å²) in [5.41, 5.74) is -0.0498. The number of hydrogen-bond acceptors (Lipinski definition) is 5. The Bertz CT molecular complexity index is 946. The molecular weight excluding hydrogens is 344 g/mol. The molecule has 1 saturated heterocycles. The van der Waals surface area contributed by atoms with Gasteiger partial charge in [0.2, 0.25) is 5.91 Å². The lowest BCUT2D eigenvalue weighted by Crippen LogP contribution is -2.48. The van der Waals surface area contributed by atoms with Crippen molar-refractivity contribution in [2.45, 2.75) is 25.4 Å². The summed E-state index contributed by atoms with van der Waals surface area (Å²) in [6.45, 7) is 1.44. The fourth-order valence-corrected chi connectivity index (χ4v) is 5.07. The molecule has 1 atom stereocenters. The van der Waals surface area contributed by atoms with Gasteiger partial charge in [0.1, 0.15) is 6.54 Å². The van der Waals surface area contributed by atoms with Crippen molar-refractivity contribution in [3.8, 4) is 0 Å². The summed E-state index contributed by atoms with van der Waals surface area (Å²) >= 11 is 5.84. The predicted molar refractivity (Wildman–Crippen MR) is 85.3 cm³/mol. The van der Waals surface area contributed by atoms with E-state index in [2.05, 4.69) is 5.32 Å². The zero-order valence-electron chi connectivity index (χ0n) is 12.3. The summed E-state index contributed by atoms with van der Waals surface area (Å²) < 4.78 is 29.4. The molecule has 1 N–H and O–H groups in total. The lowest BCUT2D eigenvalue weighted by molar-refractivity contribution is -0.123. The van der Waals surface area contributed by atoms with Crippen molar-refractivity contribution < 1.29 is 17.6 Å². The second kappa shape index (κ2) is 5.38. The van der Waals surface area contributed by atoms with Crippen LogP contribution in [-0.2, 0) is 21.2 Å². The highest BCUT2D eigenvalue weighted by Crippen LogP contribution is 2.23. The van der Waals surface area contributed by atoms with Crippen molar-refractivity contribution in [1.29, 1.82) is 0 Å². The highest BCUT2D eigenvalue weighted by atomic mass is 35.5. The van der Waals surface area contributed by atoms with Crippen molar-refractivity contribution in [3.63, 3.8) is 0 Å². The Morgan fingerprint density at radius 1 is 1.48 bits per heavy atom. The number of hydrogen-bond donors (Lipinski definition) is 1. The molecule has 0 bridgehead atoms. The zero-order valence-corrected chi connectivity index (χ0v) is 13.9. The van der Waals surface area contributed by atoms with Crippen LogP contribution >= 0.6 is 11.6 Å². The second-order valence-electron chi connectivity index (χ2n) is 6.02. The summed E-state index contributed by atoms with van der Waals surface area (Å²) in [5.74, 6) is -1.15. The van der Waals surface area contributed by atoms with Crippen LogP contribution in [0.3, 0.4) is 0 Å². The quantitative estimate of drug-likeness (QED) is 0.880. The van der Waals surface area contributed by atoms with E-state index in [4.69, 9.17) is 16.0 Å². The largest absolute Gasteiger partial charge is 0.420 e. The molecule has 2 aromatic rings. The van der Waals surface area contributed by atoms with Crippen molar-refractivity contribution in [2.75, 3.05) is 11.5 Å². The van der Waals surface area contributed by atoms with E-state index in [9.17, 15) is 18.0 Å². The van der Waals surface area contributed by atoms with E-state index in [0.717, 1.165) is 0 Å². The highest BCUT2D eigenvalue weighted by Gasteiger charge is 2.39. The maximum absolute atomic E-state index is 12.2. The molecule has 23 heavy (non-hydrogen) atoms. The Morgan fingerprint density at radius 2 is 2.22 bits per heavy atom. The van der Waals surface area contributed by atoms with Crippen molar-refractivity contribution in [1.82, 2.24) is 9.88 Å². The maximum atomic E-state index is 12.2. The molecule has 7 nitrogen and oxygen atoms in total. The average molecular weight is 359 g/mol. The van der Waals surface area contributed by atoms with E-state index in [1.54, 1.807) is 19.1 Å². The molecule has 0 aliphatic carbocycles. The van der Waals surface area contributed by atoms with Crippen molar-refractivity contribution >= 4 is 38.4 Å². The first kappa shape index (κ1) is 16.1. The number of benzene rings is 1. The van der Waals surface area contributed by atoms with Gasteiger partial charge in [0.05, 0.1) is 22.6 Å². The lowest BCUT2D eigenvalue weighted by atomic mass is 10.0. The van der Waals surface area contributed by atoms with Gasteiger partial charge in [-0.05, 0) is 25.5 Å². The van der Waals surface area contributed by atoms with E-state index in [1.165, 1.54) is 10.6 Å². The van der Waals surface area contributed by atoms with Crippen LogP contribution in [0.2, 0.25) is 5.02 Å². The third-order valence-electron chi connectivity index (χ3n) is 3.88. The lowest BCUT2D eigenvalue weighted by Gasteiger charge is -2.23. The summed E-state index contributed by atoms with van der Waals surface area (Å²) in [5, 5.41) is 3.13. The Labute approximate surface area is 137 Å². The second-order valence-corrected chi connectivity index (χ2v) is 8.64. The molecule has 1 aliphatic rings. The molecule has 0 spiro atoms. The molecule has 0 saturated carbocycles. The van der Waals surface area contributed by atoms with Crippen molar-refractivity contribution in [3.05, 3.63) is 33.8 Å². The van der Waals surface area contributed by atoms with Crippen LogP contribution in [0.5, 0.6) is 0 Å². The first-order valence-electron chi connectivity index (χ1n) is 6.98. The number of fused-ring (bicyclic) bond motifs is 1. The maximum Gasteiger partial charge on any atom is 0.420 e. The molecule has 1 aromatic heterocycles. The number of aromatic nitrogens is 1. The van der Waals surface area contributed by atoms with Gasteiger partial charge in [-0.25, -0.2) is 13.2 Å². The van der Waals surface area contributed by atoms with E-state index < -0.39 is 27.0 Å². The molecule has 3 rings (SSSR count). The fraction of sp³-hybridized carbons (Fsp3) is 0.429. The first-order valence-corrected chi connectivity index (χ1v) is 9.18. The minimum Gasteiger partial charge on any atom is -0.408 e. The van der Waals surface area contributed by atoms with Gasteiger partial charge in [0.15, 0.2) is 15.4 Å². The van der Waals surface area contributed by atoms with E-state index in [-0.39, 0.29) is 18.1 Å². The molecule has 1 amide bonds. The minimum absolute atomic E-state index is 0.0524. The Morgan fingerprint density at radius 3 is 2.87 bits per heavy atom. The number of sulfone groups is 1. The van der Waals surface area contributed by atoms with E-state index >= 15 is 0 Å². The topological polar surface area (TPSA) is 98.4 Å². The third kappa shape index (κ3) is 3.28. The van der Waals surface area contributed by atoms with Gasteiger partial charge in [-0.2, -0.15) is 0 Å². The number of carbonyl (C=O) groups excluding carboxylic acids is 1. The summed E-state index contributed by atoms with van der Waals surface area (Å²) in [7, 11) is -3.13. The number of rotatable bonds is 3. The van der Waals surface area contributed by atoms with Gasteiger partial charge in [0, 0.05) is 11.1 Å². The molecule has 124 valence electrons. The minimum atomic E-state index is -3.13. The molecule has 0 unspecified atom stereocenters. The van der Waals surface area contributed by atoms with Crippen molar-refractivity contribution in [2.24, 2.45) is 0 Å². The number of halogens is 1. The molecule has 1 fully saturated rings. The van der Waals surface area contributed by atoms with Crippen LogP contribution in [0.15, 0.2) is 27.4 Å². The Kier molecular flexibility index (Phi) is 3.76. The van der Waals surface area contributed by atoms with Crippen LogP contribution in [-0.4, -0.2) is 35.9 Å². The van der Waals surface area contributed by atoms with Gasteiger partial charge >= 0.3 is 5.76 Å². The molecule has 9 heteroatoms. The normalized spacial score (nSPS) is 23.2. The van der Waals surface area contributed by atoms with E-state index in [0.29, 0.717) is 22.5 Å². The third-order valence-corrected chi connectivity index (χ3v) is 6.01. The Hall–Kier alpha value is -1.80. The zero-order chi connectivity index (χ0) is 16.8.